The van der Waals surface area contributed by atoms with E-state index in [0.29, 0.717) is 12.0 Å². The number of fused-ring (bicyclic) bond motifs is 1. The second-order valence-corrected chi connectivity index (χ2v) is 6.86. The van der Waals surface area contributed by atoms with Crippen molar-refractivity contribution in [2.24, 2.45) is 0 Å². The molecule has 0 aliphatic carbocycles. The third kappa shape index (κ3) is 3.17. The Hall–Kier alpha value is -1.25. The highest BCUT2D eigenvalue weighted by molar-refractivity contribution is 7.99. The van der Waals surface area contributed by atoms with Crippen LogP contribution in [0, 0.1) is 6.92 Å². The minimum atomic E-state index is 0.418. The Morgan fingerprint density at radius 1 is 1.19 bits per heavy atom. The van der Waals surface area contributed by atoms with Gasteiger partial charge in [0.15, 0.2) is 0 Å². The number of hydrogen-bond acceptors (Lipinski definition) is 2. The lowest BCUT2D eigenvalue weighted by Crippen LogP contribution is -2.28. The SMILES string of the molecule is CCCNC(c1cccc(C)c1)C1CSc2ccccc21. The summed E-state index contributed by atoms with van der Waals surface area (Å²) in [5.74, 6) is 1.74. The summed E-state index contributed by atoms with van der Waals surface area (Å²) >= 11 is 2.00. The lowest BCUT2D eigenvalue weighted by molar-refractivity contribution is 0.471. The molecule has 1 aliphatic heterocycles. The molecule has 21 heavy (non-hydrogen) atoms. The molecule has 1 nitrogen and oxygen atoms in total. The quantitative estimate of drug-likeness (QED) is 0.840. The predicted octanol–water partition coefficient (Wildman–Crippen LogP) is 4.93. The molecule has 0 aromatic heterocycles. The van der Waals surface area contributed by atoms with Crippen molar-refractivity contribution in [3.05, 3.63) is 65.2 Å². The molecule has 0 bridgehead atoms. The van der Waals surface area contributed by atoms with Crippen molar-refractivity contribution in [1.29, 1.82) is 0 Å². The maximum atomic E-state index is 3.78. The predicted molar refractivity (Wildman–Crippen MR) is 92.1 cm³/mol. The zero-order valence-corrected chi connectivity index (χ0v) is 13.6. The van der Waals surface area contributed by atoms with Gasteiger partial charge in [-0.3, -0.25) is 0 Å². The summed E-state index contributed by atoms with van der Waals surface area (Å²) in [6, 6.07) is 18.3. The maximum absolute atomic E-state index is 3.78. The summed E-state index contributed by atoms with van der Waals surface area (Å²) in [5, 5.41) is 3.78. The van der Waals surface area contributed by atoms with Gasteiger partial charge in [-0.1, -0.05) is 55.0 Å². The summed E-state index contributed by atoms with van der Waals surface area (Å²) < 4.78 is 0. The fourth-order valence-electron chi connectivity index (χ4n) is 3.12. The molecule has 0 saturated carbocycles. The van der Waals surface area contributed by atoms with Gasteiger partial charge in [0, 0.05) is 22.6 Å². The zero-order valence-electron chi connectivity index (χ0n) is 12.8. The van der Waals surface area contributed by atoms with E-state index in [1.54, 1.807) is 0 Å². The Kier molecular flexibility index (Phi) is 4.67. The largest absolute Gasteiger partial charge is 0.309 e. The summed E-state index contributed by atoms with van der Waals surface area (Å²) in [4.78, 5) is 1.46. The molecular weight excluding hydrogens is 274 g/mol. The molecule has 0 spiro atoms. The highest BCUT2D eigenvalue weighted by Gasteiger charge is 2.30. The molecule has 0 radical (unpaired) electrons. The van der Waals surface area contributed by atoms with E-state index in [1.807, 2.05) is 11.8 Å². The van der Waals surface area contributed by atoms with Gasteiger partial charge in [-0.25, -0.2) is 0 Å². The normalized spacial score (nSPS) is 18.5. The average Bonchev–Trinajstić information content (AvgIpc) is 2.92. The van der Waals surface area contributed by atoms with Crippen LogP contribution in [0.5, 0.6) is 0 Å². The molecule has 2 aromatic rings. The first-order valence-electron chi connectivity index (χ1n) is 7.81. The maximum Gasteiger partial charge on any atom is 0.0398 e. The monoisotopic (exact) mass is 297 g/mol. The lowest BCUT2D eigenvalue weighted by atomic mass is 9.88. The van der Waals surface area contributed by atoms with Crippen LogP contribution < -0.4 is 5.32 Å². The molecule has 0 amide bonds. The van der Waals surface area contributed by atoms with Crippen LogP contribution in [0.1, 0.15) is 42.0 Å². The van der Waals surface area contributed by atoms with Gasteiger partial charge in [-0.05, 0) is 37.1 Å². The lowest BCUT2D eigenvalue weighted by Gasteiger charge is -2.26. The summed E-state index contributed by atoms with van der Waals surface area (Å²) in [7, 11) is 0. The molecule has 0 fully saturated rings. The third-order valence-corrected chi connectivity index (χ3v) is 5.36. The molecule has 2 unspecified atom stereocenters. The van der Waals surface area contributed by atoms with Gasteiger partial charge >= 0.3 is 0 Å². The van der Waals surface area contributed by atoms with E-state index >= 15 is 0 Å². The molecular formula is C19H23NS. The first-order valence-corrected chi connectivity index (χ1v) is 8.80. The minimum Gasteiger partial charge on any atom is -0.309 e. The topological polar surface area (TPSA) is 12.0 Å². The number of hydrogen-bond donors (Lipinski definition) is 1. The van der Waals surface area contributed by atoms with Gasteiger partial charge in [-0.2, -0.15) is 0 Å². The van der Waals surface area contributed by atoms with Crippen LogP contribution in [0.3, 0.4) is 0 Å². The number of nitrogens with one attached hydrogen (secondary N) is 1. The molecule has 0 saturated heterocycles. The van der Waals surface area contributed by atoms with Crippen LogP contribution >= 0.6 is 11.8 Å². The highest BCUT2D eigenvalue weighted by atomic mass is 32.2. The second kappa shape index (κ2) is 6.67. The van der Waals surface area contributed by atoms with Crippen molar-refractivity contribution < 1.29 is 0 Å². The van der Waals surface area contributed by atoms with E-state index < -0.39 is 0 Å². The summed E-state index contributed by atoms with van der Waals surface area (Å²) in [5.41, 5.74) is 4.28. The van der Waals surface area contributed by atoms with Crippen LogP contribution in [0.15, 0.2) is 53.4 Å². The average molecular weight is 297 g/mol. The van der Waals surface area contributed by atoms with Gasteiger partial charge in [0.2, 0.25) is 0 Å². The van der Waals surface area contributed by atoms with Crippen molar-refractivity contribution in [3.63, 3.8) is 0 Å². The Morgan fingerprint density at radius 2 is 2.05 bits per heavy atom. The fraction of sp³-hybridized carbons (Fsp3) is 0.368. The standard InChI is InChI=1S/C19H23NS/c1-3-11-20-19(15-8-6-7-14(2)12-15)17-13-21-18-10-5-4-9-16(17)18/h4-10,12,17,19-20H,3,11,13H2,1-2H3. The van der Waals surface area contributed by atoms with Crippen molar-refractivity contribution >= 4 is 11.8 Å². The van der Waals surface area contributed by atoms with Gasteiger partial charge in [-0.15, -0.1) is 11.8 Å². The van der Waals surface area contributed by atoms with Crippen molar-refractivity contribution in [3.8, 4) is 0 Å². The van der Waals surface area contributed by atoms with Crippen LogP contribution in [0.4, 0.5) is 0 Å². The third-order valence-electron chi connectivity index (χ3n) is 4.15. The molecule has 2 atom stereocenters. The Morgan fingerprint density at radius 3 is 2.86 bits per heavy atom. The van der Waals surface area contributed by atoms with E-state index in [9.17, 15) is 0 Å². The van der Waals surface area contributed by atoms with Crippen molar-refractivity contribution in [1.82, 2.24) is 5.32 Å². The van der Waals surface area contributed by atoms with Gasteiger partial charge in [0.1, 0.15) is 0 Å². The van der Waals surface area contributed by atoms with Crippen molar-refractivity contribution in [2.75, 3.05) is 12.3 Å². The molecule has 2 heteroatoms. The van der Waals surface area contributed by atoms with Crippen LogP contribution in [0.25, 0.3) is 0 Å². The number of rotatable bonds is 5. The molecule has 1 aliphatic rings. The highest BCUT2D eigenvalue weighted by Crippen LogP contribution is 2.45. The molecule has 2 aromatic carbocycles. The van der Waals surface area contributed by atoms with E-state index in [0.717, 1.165) is 6.54 Å². The van der Waals surface area contributed by atoms with E-state index in [2.05, 4.69) is 67.7 Å². The molecule has 1 heterocycles. The summed E-state index contributed by atoms with van der Waals surface area (Å²) in [6.45, 7) is 5.48. The first-order chi connectivity index (χ1) is 10.3. The minimum absolute atomic E-state index is 0.418. The van der Waals surface area contributed by atoms with E-state index in [1.165, 1.54) is 33.8 Å². The number of thioether (sulfide) groups is 1. The Labute approximate surface area is 132 Å². The summed E-state index contributed by atoms with van der Waals surface area (Å²) in [6.07, 6.45) is 1.17. The fourth-order valence-corrected chi connectivity index (χ4v) is 4.41. The van der Waals surface area contributed by atoms with Crippen LogP contribution in [-0.4, -0.2) is 12.3 Å². The molecule has 110 valence electrons. The number of benzene rings is 2. The van der Waals surface area contributed by atoms with Crippen molar-refractivity contribution in [2.45, 2.75) is 37.1 Å². The van der Waals surface area contributed by atoms with Crippen LogP contribution in [-0.2, 0) is 0 Å². The zero-order chi connectivity index (χ0) is 14.7. The Balaban J connectivity index is 1.93. The van der Waals surface area contributed by atoms with Crippen LogP contribution in [0.2, 0.25) is 0 Å². The smallest absolute Gasteiger partial charge is 0.0398 e. The Bertz CT molecular complexity index is 608. The van der Waals surface area contributed by atoms with Gasteiger partial charge in [0.25, 0.3) is 0 Å². The van der Waals surface area contributed by atoms with Gasteiger partial charge in [0.05, 0.1) is 0 Å². The van der Waals surface area contributed by atoms with E-state index in [-0.39, 0.29) is 0 Å². The first kappa shape index (κ1) is 14.7. The van der Waals surface area contributed by atoms with E-state index in [4.69, 9.17) is 0 Å². The number of aryl methyl sites for hydroxylation is 1. The molecule has 3 rings (SSSR count). The van der Waals surface area contributed by atoms with Gasteiger partial charge < -0.3 is 5.32 Å². The second-order valence-electron chi connectivity index (χ2n) is 5.80. The molecule has 1 N–H and O–H groups in total.